The molecule has 3 aliphatic rings. The van der Waals surface area contributed by atoms with E-state index in [1.807, 2.05) is 4.90 Å². The Morgan fingerprint density at radius 1 is 1.29 bits per heavy atom. The lowest BCUT2D eigenvalue weighted by Gasteiger charge is -2.15. The third kappa shape index (κ3) is 2.34. The second kappa shape index (κ2) is 5.16. The molecule has 2 saturated carbocycles. The predicted octanol–water partition coefficient (Wildman–Crippen LogP) is 2.24. The number of nitrogens with zero attached hydrogens (tertiary/aromatic N) is 4. The molecule has 2 aromatic heterocycles. The summed E-state index contributed by atoms with van der Waals surface area (Å²) in [5.74, 6) is 3.95. The van der Waals surface area contributed by atoms with Gasteiger partial charge in [0.25, 0.3) is 5.91 Å². The standard InChI is InChI=1S/C17H21N5O2/c1-9-14(8-24-21-9)17(23)22-6-12(10-2-3-10)13(7-22)16-18-15(19-20-16)11-4-5-11/h8,10-13H,2-7H2,1H3,(H,18,19,20)/t12-,13+/m1/s1. The van der Waals surface area contributed by atoms with E-state index in [4.69, 9.17) is 9.51 Å². The van der Waals surface area contributed by atoms with Crippen LogP contribution in [0, 0.1) is 18.8 Å². The molecule has 2 aromatic rings. The van der Waals surface area contributed by atoms with Gasteiger partial charge in [-0.3, -0.25) is 9.89 Å². The summed E-state index contributed by atoms with van der Waals surface area (Å²) in [6, 6.07) is 0. The molecule has 5 rings (SSSR count). The number of carbonyl (C=O) groups is 1. The Labute approximate surface area is 139 Å². The molecule has 0 unspecified atom stereocenters. The summed E-state index contributed by atoms with van der Waals surface area (Å²) in [6.45, 7) is 3.29. The monoisotopic (exact) mass is 327 g/mol. The summed E-state index contributed by atoms with van der Waals surface area (Å²) in [7, 11) is 0. The molecule has 2 aliphatic carbocycles. The minimum absolute atomic E-state index is 0.0174. The van der Waals surface area contributed by atoms with E-state index >= 15 is 0 Å². The number of hydrogen-bond acceptors (Lipinski definition) is 5. The van der Waals surface area contributed by atoms with E-state index in [-0.39, 0.29) is 11.8 Å². The SMILES string of the molecule is Cc1nocc1C(=O)N1C[C@H](c2nc(C3CC3)n[nH]2)[C@@H](C2CC2)C1. The fourth-order valence-corrected chi connectivity index (χ4v) is 3.93. The largest absolute Gasteiger partial charge is 0.364 e. The van der Waals surface area contributed by atoms with Crippen molar-refractivity contribution < 1.29 is 9.32 Å². The summed E-state index contributed by atoms with van der Waals surface area (Å²) in [6.07, 6.45) is 6.38. The molecule has 7 heteroatoms. The molecule has 7 nitrogen and oxygen atoms in total. The quantitative estimate of drug-likeness (QED) is 0.930. The zero-order chi connectivity index (χ0) is 16.3. The molecule has 0 radical (unpaired) electrons. The van der Waals surface area contributed by atoms with Crippen LogP contribution >= 0.6 is 0 Å². The van der Waals surface area contributed by atoms with E-state index in [1.54, 1.807) is 6.92 Å². The third-order valence-corrected chi connectivity index (χ3v) is 5.67. The van der Waals surface area contributed by atoms with Crippen LogP contribution in [0.1, 0.15) is 65.2 Å². The Bertz CT molecular complexity index is 774. The van der Waals surface area contributed by atoms with E-state index in [2.05, 4.69) is 15.4 Å². The third-order valence-electron chi connectivity index (χ3n) is 5.67. The maximum atomic E-state index is 12.8. The first-order valence-electron chi connectivity index (χ1n) is 8.83. The second-order valence-electron chi connectivity index (χ2n) is 7.48. The van der Waals surface area contributed by atoms with E-state index in [0.29, 0.717) is 35.6 Å². The number of nitrogens with one attached hydrogen (secondary N) is 1. The molecule has 1 aliphatic heterocycles. The van der Waals surface area contributed by atoms with Gasteiger partial charge in [0.1, 0.15) is 17.7 Å². The Morgan fingerprint density at radius 2 is 2.12 bits per heavy atom. The van der Waals surface area contributed by atoms with Gasteiger partial charge < -0.3 is 9.42 Å². The highest BCUT2D eigenvalue weighted by atomic mass is 16.5. The van der Waals surface area contributed by atoms with Gasteiger partial charge >= 0.3 is 0 Å². The first-order valence-corrected chi connectivity index (χ1v) is 8.83. The molecule has 126 valence electrons. The van der Waals surface area contributed by atoms with Crippen LogP contribution in [0.4, 0.5) is 0 Å². The fourth-order valence-electron chi connectivity index (χ4n) is 3.93. The zero-order valence-corrected chi connectivity index (χ0v) is 13.7. The van der Waals surface area contributed by atoms with Crippen molar-refractivity contribution in [2.24, 2.45) is 11.8 Å². The van der Waals surface area contributed by atoms with Crippen molar-refractivity contribution in [1.82, 2.24) is 25.2 Å². The van der Waals surface area contributed by atoms with Crippen LogP contribution in [0.5, 0.6) is 0 Å². The van der Waals surface area contributed by atoms with Crippen molar-refractivity contribution in [3.8, 4) is 0 Å². The Balaban J connectivity index is 1.39. The molecule has 1 saturated heterocycles. The molecule has 2 atom stereocenters. The zero-order valence-electron chi connectivity index (χ0n) is 13.7. The maximum Gasteiger partial charge on any atom is 0.259 e. The van der Waals surface area contributed by atoms with E-state index in [1.165, 1.54) is 31.9 Å². The van der Waals surface area contributed by atoms with Crippen molar-refractivity contribution in [2.75, 3.05) is 13.1 Å². The maximum absolute atomic E-state index is 12.8. The molecule has 24 heavy (non-hydrogen) atoms. The smallest absolute Gasteiger partial charge is 0.259 e. The van der Waals surface area contributed by atoms with E-state index < -0.39 is 0 Å². The van der Waals surface area contributed by atoms with Crippen molar-refractivity contribution in [1.29, 1.82) is 0 Å². The minimum Gasteiger partial charge on any atom is -0.364 e. The van der Waals surface area contributed by atoms with Crippen LogP contribution in [0.3, 0.4) is 0 Å². The Kier molecular flexibility index (Phi) is 3.05. The van der Waals surface area contributed by atoms with E-state index in [9.17, 15) is 4.79 Å². The molecule has 0 bridgehead atoms. The molecule has 3 fully saturated rings. The fraction of sp³-hybridized carbons (Fsp3) is 0.647. The highest BCUT2D eigenvalue weighted by Gasteiger charge is 2.46. The van der Waals surface area contributed by atoms with Crippen LogP contribution in [0.2, 0.25) is 0 Å². The summed E-state index contributed by atoms with van der Waals surface area (Å²) < 4.78 is 4.93. The highest BCUT2D eigenvalue weighted by molar-refractivity contribution is 5.95. The number of carbonyl (C=O) groups excluding carboxylic acids is 1. The van der Waals surface area contributed by atoms with Crippen LogP contribution in [0.15, 0.2) is 10.8 Å². The van der Waals surface area contributed by atoms with Crippen LogP contribution in [0.25, 0.3) is 0 Å². The number of likely N-dealkylation sites (tertiary alicyclic amines) is 1. The average molecular weight is 327 g/mol. The van der Waals surface area contributed by atoms with Gasteiger partial charge in [-0.1, -0.05) is 5.16 Å². The lowest BCUT2D eigenvalue weighted by molar-refractivity contribution is 0.0783. The van der Waals surface area contributed by atoms with Crippen LogP contribution < -0.4 is 0 Å². The minimum atomic E-state index is 0.0174. The lowest BCUT2D eigenvalue weighted by Crippen LogP contribution is -2.29. The molecule has 3 heterocycles. The van der Waals surface area contributed by atoms with Gasteiger partial charge in [-0.05, 0) is 44.4 Å². The van der Waals surface area contributed by atoms with Gasteiger partial charge in [-0.25, -0.2) is 4.98 Å². The summed E-state index contributed by atoms with van der Waals surface area (Å²) in [4.78, 5) is 19.5. The van der Waals surface area contributed by atoms with Crippen LogP contribution in [-0.4, -0.2) is 44.2 Å². The number of hydrogen-bond donors (Lipinski definition) is 1. The average Bonchev–Trinajstić information content (AvgIpc) is 3.48. The first kappa shape index (κ1) is 14.2. The predicted molar refractivity (Wildman–Crippen MR) is 84.5 cm³/mol. The molecule has 1 N–H and O–H groups in total. The number of amides is 1. The van der Waals surface area contributed by atoms with Gasteiger partial charge in [0.05, 0.1) is 5.69 Å². The molecule has 0 aromatic carbocycles. The van der Waals surface area contributed by atoms with Crippen molar-refractivity contribution in [3.05, 3.63) is 29.2 Å². The molecule has 1 amide bonds. The number of aromatic nitrogens is 4. The number of H-pyrrole nitrogens is 1. The Morgan fingerprint density at radius 3 is 2.79 bits per heavy atom. The van der Waals surface area contributed by atoms with Gasteiger partial charge in [0.15, 0.2) is 5.82 Å². The van der Waals surface area contributed by atoms with E-state index in [0.717, 1.165) is 18.2 Å². The normalized spacial score (nSPS) is 27.0. The van der Waals surface area contributed by atoms with Crippen molar-refractivity contribution >= 4 is 5.91 Å². The van der Waals surface area contributed by atoms with Crippen LogP contribution in [-0.2, 0) is 0 Å². The van der Waals surface area contributed by atoms with Crippen molar-refractivity contribution in [2.45, 2.75) is 44.4 Å². The molecular formula is C17H21N5O2. The van der Waals surface area contributed by atoms with Gasteiger partial charge in [0.2, 0.25) is 0 Å². The van der Waals surface area contributed by atoms with Gasteiger partial charge in [-0.15, -0.1) is 0 Å². The number of rotatable bonds is 4. The number of aryl methyl sites for hydroxylation is 1. The first-order chi connectivity index (χ1) is 11.7. The summed E-state index contributed by atoms with van der Waals surface area (Å²) >= 11 is 0. The lowest BCUT2D eigenvalue weighted by atomic mass is 9.91. The van der Waals surface area contributed by atoms with Gasteiger partial charge in [-0.2, -0.15) is 5.10 Å². The molecular weight excluding hydrogens is 306 g/mol. The summed E-state index contributed by atoms with van der Waals surface area (Å²) in [5, 5.41) is 11.4. The number of aromatic amines is 1. The molecule has 0 spiro atoms. The van der Waals surface area contributed by atoms with Crippen molar-refractivity contribution in [3.63, 3.8) is 0 Å². The summed E-state index contributed by atoms with van der Waals surface area (Å²) in [5.41, 5.74) is 1.23. The second-order valence-corrected chi connectivity index (χ2v) is 7.48. The Hall–Kier alpha value is -2.18. The highest BCUT2D eigenvalue weighted by Crippen LogP contribution is 2.47. The van der Waals surface area contributed by atoms with Gasteiger partial charge in [0, 0.05) is 24.9 Å². The topological polar surface area (TPSA) is 87.9 Å².